The number of hydrogen-bond acceptors (Lipinski definition) is 0. The zero-order valence-electron chi connectivity index (χ0n) is 14.2. The lowest BCUT2D eigenvalue weighted by molar-refractivity contribution is 0.626. The van der Waals surface area contributed by atoms with E-state index in [1.807, 2.05) is 24.3 Å². The highest BCUT2D eigenvalue weighted by Crippen LogP contribution is 2.31. The fourth-order valence-corrected chi connectivity index (χ4v) is 4.76. The highest BCUT2D eigenvalue weighted by molar-refractivity contribution is 7.97. The van der Waals surface area contributed by atoms with Crippen molar-refractivity contribution in [1.29, 1.82) is 0 Å². The SMILES string of the molecule is CCCCc1ccc([S+](c2ccc(F)cc2)c2ccc(F)cc2)cc1. The zero-order chi connectivity index (χ0) is 17.6. The smallest absolute Gasteiger partial charge is 0.166 e. The summed E-state index contributed by atoms with van der Waals surface area (Å²) >= 11 is 0. The second-order valence-electron chi connectivity index (χ2n) is 5.96. The van der Waals surface area contributed by atoms with Gasteiger partial charge >= 0.3 is 0 Å². The summed E-state index contributed by atoms with van der Waals surface area (Å²) in [4.78, 5) is 3.20. The van der Waals surface area contributed by atoms with Crippen molar-refractivity contribution < 1.29 is 8.78 Å². The summed E-state index contributed by atoms with van der Waals surface area (Å²) in [5.41, 5.74) is 1.33. The molecule has 0 atom stereocenters. The van der Waals surface area contributed by atoms with Crippen LogP contribution in [0.3, 0.4) is 0 Å². The number of benzene rings is 3. The Balaban J connectivity index is 1.98. The Morgan fingerprint density at radius 3 is 1.44 bits per heavy atom. The van der Waals surface area contributed by atoms with Gasteiger partial charge in [0, 0.05) is 0 Å². The molecular weight excluding hydrogens is 334 g/mol. The van der Waals surface area contributed by atoms with Crippen molar-refractivity contribution in [2.75, 3.05) is 0 Å². The molecule has 0 amide bonds. The average Bonchev–Trinajstić information content (AvgIpc) is 2.64. The van der Waals surface area contributed by atoms with E-state index < -0.39 is 0 Å². The Kier molecular flexibility index (Phi) is 5.87. The van der Waals surface area contributed by atoms with Crippen LogP contribution in [-0.2, 0) is 17.3 Å². The maximum Gasteiger partial charge on any atom is 0.166 e. The van der Waals surface area contributed by atoms with Crippen molar-refractivity contribution in [3.05, 3.63) is 90.0 Å². The molecule has 0 aliphatic heterocycles. The van der Waals surface area contributed by atoms with Gasteiger partial charge < -0.3 is 0 Å². The van der Waals surface area contributed by atoms with E-state index in [1.54, 1.807) is 0 Å². The van der Waals surface area contributed by atoms with Gasteiger partial charge in [0.1, 0.15) is 11.6 Å². The molecule has 25 heavy (non-hydrogen) atoms. The summed E-state index contributed by atoms with van der Waals surface area (Å²) in [6, 6.07) is 21.8. The minimum absolute atomic E-state index is 0.249. The molecule has 3 aromatic carbocycles. The topological polar surface area (TPSA) is 0 Å². The molecule has 0 saturated heterocycles. The molecule has 0 spiro atoms. The maximum absolute atomic E-state index is 13.3. The van der Waals surface area contributed by atoms with E-state index in [0.717, 1.165) is 21.1 Å². The molecule has 128 valence electrons. The Labute approximate surface area is 150 Å². The van der Waals surface area contributed by atoms with Gasteiger partial charge in [0.2, 0.25) is 0 Å². The molecule has 0 aliphatic carbocycles. The molecular formula is C22H21F2S+. The van der Waals surface area contributed by atoms with E-state index in [4.69, 9.17) is 0 Å². The molecule has 3 heteroatoms. The third-order valence-electron chi connectivity index (χ3n) is 4.08. The molecule has 0 heterocycles. The number of halogens is 2. The molecule has 0 unspecified atom stereocenters. The summed E-state index contributed by atoms with van der Waals surface area (Å²) in [5, 5.41) is 0. The predicted molar refractivity (Wildman–Crippen MR) is 100 cm³/mol. The van der Waals surface area contributed by atoms with Crippen LogP contribution >= 0.6 is 0 Å². The van der Waals surface area contributed by atoms with E-state index >= 15 is 0 Å². The van der Waals surface area contributed by atoms with E-state index in [0.29, 0.717) is 0 Å². The quantitative estimate of drug-likeness (QED) is 0.449. The van der Waals surface area contributed by atoms with Crippen LogP contribution in [0.15, 0.2) is 87.5 Å². The first-order valence-corrected chi connectivity index (χ1v) is 9.74. The van der Waals surface area contributed by atoms with Crippen molar-refractivity contribution in [1.82, 2.24) is 0 Å². The van der Waals surface area contributed by atoms with Crippen molar-refractivity contribution in [3.63, 3.8) is 0 Å². The Bertz CT molecular complexity index is 747. The lowest BCUT2D eigenvalue weighted by Gasteiger charge is -2.09. The summed E-state index contributed by atoms with van der Waals surface area (Å²) in [6.45, 7) is 2.19. The van der Waals surface area contributed by atoms with Crippen LogP contribution in [0.25, 0.3) is 0 Å². The van der Waals surface area contributed by atoms with Crippen molar-refractivity contribution >= 4 is 10.9 Å². The van der Waals surface area contributed by atoms with Crippen molar-refractivity contribution in [2.24, 2.45) is 0 Å². The van der Waals surface area contributed by atoms with Gasteiger partial charge in [-0.3, -0.25) is 0 Å². The van der Waals surface area contributed by atoms with Crippen LogP contribution in [0.4, 0.5) is 8.78 Å². The van der Waals surface area contributed by atoms with Crippen molar-refractivity contribution in [3.8, 4) is 0 Å². The van der Waals surface area contributed by atoms with Gasteiger partial charge in [-0.2, -0.15) is 0 Å². The number of rotatable bonds is 6. The molecule has 0 saturated carbocycles. The molecule has 0 fully saturated rings. The standard InChI is InChI=1S/C22H21F2S/c1-2-3-4-17-5-11-20(12-6-17)25(21-13-7-18(23)8-14-21)22-15-9-19(24)10-16-22/h5-16H,2-4H2,1H3/q+1. The fraction of sp³-hybridized carbons (Fsp3) is 0.182. The molecule has 0 radical (unpaired) electrons. The van der Waals surface area contributed by atoms with Crippen LogP contribution in [0.1, 0.15) is 25.3 Å². The first kappa shape index (κ1) is 17.7. The van der Waals surface area contributed by atoms with Gasteiger partial charge in [-0.1, -0.05) is 25.5 Å². The van der Waals surface area contributed by atoms with E-state index in [1.165, 1.54) is 42.7 Å². The van der Waals surface area contributed by atoms with Gasteiger partial charge in [0.25, 0.3) is 0 Å². The monoisotopic (exact) mass is 355 g/mol. The lowest BCUT2D eigenvalue weighted by Crippen LogP contribution is -2.05. The Morgan fingerprint density at radius 1 is 0.640 bits per heavy atom. The summed E-state index contributed by atoms with van der Waals surface area (Å²) in [5.74, 6) is -0.498. The number of aryl methyl sites for hydroxylation is 1. The van der Waals surface area contributed by atoms with Crippen LogP contribution in [-0.4, -0.2) is 0 Å². The Morgan fingerprint density at radius 2 is 1.04 bits per heavy atom. The van der Waals surface area contributed by atoms with Crippen LogP contribution < -0.4 is 0 Å². The second kappa shape index (κ2) is 8.30. The third-order valence-corrected chi connectivity index (χ3v) is 6.31. The van der Waals surface area contributed by atoms with Gasteiger partial charge in [-0.15, -0.1) is 0 Å². The molecule has 3 aromatic rings. The molecule has 0 aromatic heterocycles. The average molecular weight is 355 g/mol. The molecule has 0 N–H and O–H groups in total. The first-order valence-electron chi connectivity index (χ1n) is 8.52. The molecule has 0 aliphatic rings. The van der Waals surface area contributed by atoms with Crippen molar-refractivity contribution in [2.45, 2.75) is 40.9 Å². The highest BCUT2D eigenvalue weighted by Gasteiger charge is 2.28. The van der Waals surface area contributed by atoms with E-state index in [-0.39, 0.29) is 22.5 Å². The van der Waals surface area contributed by atoms with E-state index in [2.05, 4.69) is 31.2 Å². The molecule has 3 rings (SSSR count). The largest absolute Gasteiger partial charge is 0.207 e. The molecule has 0 nitrogen and oxygen atoms in total. The Hall–Kier alpha value is -2.13. The van der Waals surface area contributed by atoms with Crippen LogP contribution in [0.2, 0.25) is 0 Å². The number of hydrogen-bond donors (Lipinski definition) is 0. The normalized spacial score (nSPS) is 11.0. The number of unbranched alkanes of at least 4 members (excludes halogenated alkanes) is 1. The fourth-order valence-electron chi connectivity index (χ4n) is 2.72. The first-order chi connectivity index (χ1) is 12.2. The van der Waals surface area contributed by atoms with Gasteiger partial charge in [0.05, 0.1) is 10.9 Å². The third kappa shape index (κ3) is 4.49. The van der Waals surface area contributed by atoms with Crippen LogP contribution in [0.5, 0.6) is 0 Å². The predicted octanol–water partition coefficient (Wildman–Crippen LogP) is 6.40. The minimum atomic E-state index is -0.379. The molecule has 0 bridgehead atoms. The summed E-state index contributed by atoms with van der Waals surface area (Å²) < 4.78 is 26.7. The maximum atomic E-state index is 13.3. The highest BCUT2D eigenvalue weighted by atomic mass is 32.2. The second-order valence-corrected chi connectivity index (χ2v) is 7.99. The lowest BCUT2D eigenvalue weighted by atomic mass is 10.1. The van der Waals surface area contributed by atoms with Gasteiger partial charge in [-0.05, 0) is 79.1 Å². The van der Waals surface area contributed by atoms with Crippen LogP contribution in [0, 0.1) is 11.6 Å². The van der Waals surface area contributed by atoms with Gasteiger partial charge in [0.15, 0.2) is 14.7 Å². The zero-order valence-corrected chi connectivity index (χ0v) is 15.0. The minimum Gasteiger partial charge on any atom is -0.207 e. The summed E-state index contributed by atoms with van der Waals surface area (Å²) in [6.07, 6.45) is 3.44. The summed E-state index contributed by atoms with van der Waals surface area (Å²) in [7, 11) is -0.379. The van der Waals surface area contributed by atoms with Gasteiger partial charge in [-0.25, -0.2) is 8.78 Å². The van der Waals surface area contributed by atoms with E-state index in [9.17, 15) is 8.78 Å².